The van der Waals surface area contributed by atoms with E-state index in [2.05, 4.69) is 5.32 Å². The maximum absolute atomic E-state index is 12.6. The van der Waals surface area contributed by atoms with Crippen molar-refractivity contribution in [3.05, 3.63) is 92.4 Å². The summed E-state index contributed by atoms with van der Waals surface area (Å²) in [6.07, 6.45) is 1.45. The lowest BCUT2D eigenvalue weighted by atomic mass is 10.1. The van der Waals surface area contributed by atoms with Crippen LogP contribution in [0.3, 0.4) is 0 Å². The molecule has 1 N–H and O–H groups in total. The Balaban J connectivity index is 1.80. The highest BCUT2D eigenvalue weighted by atomic mass is 35.5. The van der Waals surface area contributed by atoms with Gasteiger partial charge >= 0.3 is 0 Å². The second-order valence-electron chi connectivity index (χ2n) is 6.77. The number of nitrogens with one attached hydrogen (secondary N) is 1. The third kappa shape index (κ3) is 6.66. The van der Waals surface area contributed by atoms with Gasteiger partial charge in [-0.05, 0) is 60.5 Å². The smallest absolute Gasteiger partial charge is 0.266 e. The van der Waals surface area contributed by atoms with Crippen LogP contribution in [0.1, 0.15) is 18.1 Å². The fraction of sp³-hybridized carbons (Fsp3) is 0.120. The molecule has 3 rings (SSSR count). The van der Waals surface area contributed by atoms with Crippen LogP contribution in [-0.4, -0.2) is 12.5 Å². The van der Waals surface area contributed by atoms with Crippen molar-refractivity contribution in [3.8, 4) is 17.6 Å². The first kappa shape index (κ1) is 24.5. The number of benzene rings is 3. The number of hydrogen-bond acceptors (Lipinski definition) is 4. The third-order valence-electron chi connectivity index (χ3n) is 4.45. The lowest BCUT2D eigenvalue weighted by Crippen LogP contribution is -2.14. The number of carbonyl (C=O) groups is 1. The molecule has 8 heteroatoms. The molecule has 0 aliphatic heterocycles. The molecule has 33 heavy (non-hydrogen) atoms. The Morgan fingerprint density at radius 1 is 1.00 bits per heavy atom. The van der Waals surface area contributed by atoms with Gasteiger partial charge in [0.1, 0.15) is 18.2 Å². The highest BCUT2D eigenvalue weighted by molar-refractivity contribution is 6.40. The van der Waals surface area contributed by atoms with E-state index in [4.69, 9.17) is 44.3 Å². The standard InChI is InChI=1S/C25H19Cl3N2O3/c1-2-32-23-13-17(8-11-22(23)33-15-16-6-9-19(26)10-7-16)12-18(14-29)25(31)30-24-20(27)4-3-5-21(24)28/h3-13H,2,15H2,1H3,(H,30,31)/b18-12+. The van der Waals surface area contributed by atoms with Crippen molar-refractivity contribution in [3.63, 3.8) is 0 Å². The van der Waals surface area contributed by atoms with E-state index >= 15 is 0 Å². The number of halogens is 3. The van der Waals surface area contributed by atoms with Crippen molar-refractivity contribution in [1.82, 2.24) is 0 Å². The Morgan fingerprint density at radius 2 is 1.70 bits per heavy atom. The second-order valence-corrected chi connectivity index (χ2v) is 8.03. The molecule has 0 saturated heterocycles. The van der Waals surface area contributed by atoms with Crippen molar-refractivity contribution in [2.45, 2.75) is 13.5 Å². The Kier molecular flexibility index (Phi) is 8.62. The van der Waals surface area contributed by atoms with Gasteiger partial charge in [0, 0.05) is 5.02 Å². The van der Waals surface area contributed by atoms with Crippen LogP contribution in [0, 0.1) is 11.3 Å². The summed E-state index contributed by atoms with van der Waals surface area (Å²) in [5, 5.41) is 13.3. The highest BCUT2D eigenvalue weighted by Gasteiger charge is 2.15. The van der Waals surface area contributed by atoms with Gasteiger partial charge in [0.05, 0.1) is 22.3 Å². The molecule has 0 aliphatic rings. The lowest BCUT2D eigenvalue weighted by molar-refractivity contribution is -0.112. The van der Waals surface area contributed by atoms with E-state index in [0.717, 1.165) is 5.56 Å². The zero-order valence-electron chi connectivity index (χ0n) is 17.6. The number of para-hydroxylation sites is 1. The molecule has 1 amide bonds. The normalized spacial score (nSPS) is 10.9. The molecule has 0 bridgehead atoms. The number of carbonyl (C=O) groups excluding carboxylic acids is 1. The fourth-order valence-corrected chi connectivity index (χ4v) is 3.47. The monoisotopic (exact) mass is 500 g/mol. The second kappa shape index (κ2) is 11.6. The van der Waals surface area contributed by atoms with E-state index < -0.39 is 5.91 Å². The summed E-state index contributed by atoms with van der Waals surface area (Å²) in [5.74, 6) is 0.398. The van der Waals surface area contributed by atoms with Crippen LogP contribution in [-0.2, 0) is 11.4 Å². The summed E-state index contributed by atoms with van der Waals surface area (Å²) in [7, 11) is 0. The Morgan fingerprint density at radius 3 is 2.33 bits per heavy atom. The molecular formula is C25H19Cl3N2O3. The molecule has 0 aliphatic carbocycles. The van der Waals surface area contributed by atoms with Crippen LogP contribution < -0.4 is 14.8 Å². The molecule has 0 heterocycles. The van der Waals surface area contributed by atoms with Crippen LogP contribution in [0.5, 0.6) is 11.5 Å². The summed E-state index contributed by atoms with van der Waals surface area (Å²) < 4.78 is 11.6. The summed E-state index contributed by atoms with van der Waals surface area (Å²) in [6.45, 7) is 2.60. The lowest BCUT2D eigenvalue weighted by Gasteiger charge is -2.13. The molecule has 0 saturated carbocycles. The molecule has 3 aromatic carbocycles. The molecule has 5 nitrogen and oxygen atoms in total. The molecule has 0 unspecified atom stereocenters. The number of rotatable bonds is 8. The Hall–Kier alpha value is -3.17. The summed E-state index contributed by atoms with van der Waals surface area (Å²) in [5.41, 5.74) is 1.66. The number of amides is 1. The molecule has 0 fully saturated rings. The van der Waals surface area contributed by atoms with Gasteiger partial charge in [0.2, 0.25) is 0 Å². The van der Waals surface area contributed by atoms with Crippen LogP contribution in [0.15, 0.2) is 66.2 Å². The zero-order chi connectivity index (χ0) is 23.8. The summed E-state index contributed by atoms with van der Waals surface area (Å²) >= 11 is 18.1. The van der Waals surface area contributed by atoms with Gasteiger partial charge in [-0.3, -0.25) is 4.79 Å². The number of nitrogens with zero attached hydrogens (tertiary/aromatic N) is 1. The number of anilines is 1. The molecule has 0 radical (unpaired) electrons. The van der Waals surface area contributed by atoms with Crippen molar-refractivity contribution in [1.29, 1.82) is 5.26 Å². The Bertz CT molecular complexity index is 1200. The van der Waals surface area contributed by atoms with Crippen LogP contribution in [0.4, 0.5) is 5.69 Å². The molecule has 168 valence electrons. The van der Waals surface area contributed by atoms with Gasteiger partial charge < -0.3 is 14.8 Å². The van der Waals surface area contributed by atoms with Gasteiger partial charge in [-0.15, -0.1) is 0 Å². The van der Waals surface area contributed by atoms with Gasteiger partial charge in [-0.2, -0.15) is 5.26 Å². The maximum Gasteiger partial charge on any atom is 0.266 e. The van der Waals surface area contributed by atoms with Crippen LogP contribution in [0.25, 0.3) is 6.08 Å². The quantitative estimate of drug-likeness (QED) is 0.262. The van der Waals surface area contributed by atoms with Crippen molar-refractivity contribution >= 4 is 52.5 Å². The predicted molar refractivity (Wildman–Crippen MR) is 132 cm³/mol. The molecule has 0 aromatic heterocycles. The first-order chi connectivity index (χ1) is 15.9. The van der Waals surface area contributed by atoms with E-state index in [1.807, 2.05) is 25.1 Å². The van der Waals surface area contributed by atoms with Crippen molar-refractivity contribution in [2.24, 2.45) is 0 Å². The van der Waals surface area contributed by atoms with Gasteiger partial charge in [0.25, 0.3) is 5.91 Å². The molecule has 0 spiro atoms. The number of hydrogen-bond donors (Lipinski definition) is 1. The van der Waals surface area contributed by atoms with Gasteiger partial charge in [0.15, 0.2) is 11.5 Å². The highest BCUT2D eigenvalue weighted by Crippen LogP contribution is 2.32. The SMILES string of the molecule is CCOc1cc(/C=C(\C#N)C(=O)Nc2c(Cl)cccc2Cl)ccc1OCc1ccc(Cl)cc1. The average molecular weight is 502 g/mol. The minimum atomic E-state index is -0.631. The third-order valence-corrected chi connectivity index (χ3v) is 5.33. The van der Waals surface area contributed by atoms with E-state index in [1.165, 1.54) is 6.08 Å². The topological polar surface area (TPSA) is 71.3 Å². The van der Waals surface area contributed by atoms with Crippen molar-refractivity contribution < 1.29 is 14.3 Å². The minimum absolute atomic E-state index is 0.122. The van der Waals surface area contributed by atoms with Gasteiger partial charge in [-0.1, -0.05) is 59.1 Å². The summed E-state index contributed by atoms with van der Waals surface area (Å²) in [4.78, 5) is 12.6. The molecule has 3 aromatic rings. The molecule has 0 atom stereocenters. The largest absolute Gasteiger partial charge is 0.490 e. The van der Waals surface area contributed by atoms with E-state index in [1.54, 1.807) is 48.5 Å². The Labute approximate surface area is 207 Å². The number of ether oxygens (including phenoxy) is 2. The maximum atomic E-state index is 12.6. The van der Waals surface area contributed by atoms with Crippen LogP contribution >= 0.6 is 34.8 Å². The fourth-order valence-electron chi connectivity index (χ4n) is 2.86. The van der Waals surface area contributed by atoms with Gasteiger partial charge in [-0.25, -0.2) is 0 Å². The number of nitriles is 1. The zero-order valence-corrected chi connectivity index (χ0v) is 19.8. The first-order valence-electron chi connectivity index (χ1n) is 9.92. The predicted octanol–water partition coefficient (Wildman–Crippen LogP) is 7.17. The van der Waals surface area contributed by atoms with E-state index in [0.29, 0.717) is 35.3 Å². The minimum Gasteiger partial charge on any atom is -0.490 e. The van der Waals surface area contributed by atoms with E-state index in [9.17, 15) is 10.1 Å². The average Bonchev–Trinajstić information content (AvgIpc) is 2.80. The first-order valence-corrected chi connectivity index (χ1v) is 11.1. The van der Waals surface area contributed by atoms with Crippen LogP contribution in [0.2, 0.25) is 15.1 Å². The molecular weight excluding hydrogens is 483 g/mol. The summed E-state index contributed by atoms with van der Waals surface area (Å²) in [6, 6.07) is 19.3. The van der Waals surface area contributed by atoms with Crippen molar-refractivity contribution in [2.75, 3.05) is 11.9 Å². The van der Waals surface area contributed by atoms with E-state index in [-0.39, 0.29) is 21.3 Å².